The Bertz CT molecular complexity index is 402. The second-order valence-electron chi connectivity index (χ2n) is 5.21. The third-order valence-electron chi connectivity index (χ3n) is 3.92. The van der Waals surface area contributed by atoms with Crippen LogP contribution in [-0.4, -0.2) is 35.6 Å². The maximum atomic E-state index is 5.95. The van der Waals surface area contributed by atoms with Gasteiger partial charge in [0, 0.05) is 36.5 Å². The van der Waals surface area contributed by atoms with Gasteiger partial charge < -0.3 is 10.5 Å². The predicted octanol–water partition coefficient (Wildman–Crippen LogP) is 2.35. The molecule has 0 saturated carbocycles. The first-order valence-corrected chi connectivity index (χ1v) is 6.95. The Kier molecular flexibility index (Phi) is 5.76. The standard InChI is InChI=1S/C15H27N3O/c1-6-15(4,11-16)18(7-2)10-13-9-14(19-5)8-12(3)17-13/h8-9H,6-7,10-11,16H2,1-5H3. The van der Waals surface area contributed by atoms with Crippen LogP contribution in [0.25, 0.3) is 0 Å². The normalized spacial score (nSPS) is 14.5. The molecule has 0 amide bonds. The molecular weight excluding hydrogens is 238 g/mol. The van der Waals surface area contributed by atoms with Crippen molar-refractivity contribution >= 4 is 0 Å². The Balaban J connectivity index is 2.95. The number of ether oxygens (including phenoxy) is 1. The molecule has 0 spiro atoms. The van der Waals surface area contributed by atoms with E-state index in [2.05, 4.69) is 30.7 Å². The van der Waals surface area contributed by atoms with Crippen LogP contribution in [-0.2, 0) is 6.54 Å². The van der Waals surface area contributed by atoms with Crippen LogP contribution < -0.4 is 10.5 Å². The molecule has 0 fully saturated rings. The summed E-state index contributed by atoms with van der Waals surface area (Å²) in [5.74, 6) is 0.865. The molecule has 1 rings (SSSR count). The molecule has 1 aromatic rings. The average molecular weight is 265 g/mol. The smallest absolute Gasteiger partial charge is 0.122 e. The number of pyridine rings is 1. The third-order valence-corrected chi connectivity index (χ3v) is 3.92. The van der Waals surface area contributed by atoms with Crippen LogP contribution in [0.3, 0.4) is 0 Å². The summed E-state index contributed by atoms with van der Waals surface area (Å²) in [6.07, 6.45) is 1.03. The Labute approximate surface area is 117 Å². The van der Waals surface area contributed by atoms with E-state index in [1.807, 2.05) is 19.1 Å². The summed E-state index contributed by atoms with van der Waals surface area (Å²) in [7, 11) is 1.69. The zero-order chi connectivity index (χ0) is 14.5. The maximum absolute atomic E-state index is 5.95. The summed E-state index contributed by atoms with van der Waals surface area (Å²) in [6.45, 7) is 11.0. The van der Waals surface area contributed by atoms with E-state index in [0.717, 1.165) is 36.6 Å². The van der Waals surface area contributed by atoms with Gasteiger partial charge in [0.2, 0.25) is 0 Å². The maximum Gasteiger partial charge on any atom is 0.122 e. The van der Waals surface area contributed by atoms with Gasteiger partial charge >= 0.3 is 0 Å². The molecule has 0 saturated heterocycles. The molecule has 0 aliphatic carbocycles. The van der Waals surface area contributed by atoms with Crippen LogP contribution in [0, 0.1) is 6.92 Å². The van der Waals surface area contributed by atoms with E-state index in [9.17, 15) is 0 Å². The first kappa shape index (κ1) is 15.9. The second kappa shape index (κ2) is 6.87. The molecule has 1 unspecified atom stereocenters. The fourth-order valence-corrected chi connectivity index (χ4v) is 2.28. The molecule has 4 heteroatoms. The van der Waals surface area contributed by atoms with Crippen LogP contribution in [0.4, 0.5) is 0 Å². The number of aryl methyl sites for hydroxylation is 1. The first-order valence-electron chi connectivity index (χ1n) is 6.95. The van der Waals surface area contributed by atoms with Crippen molar-refractivity contribution in [2.75, 3.05) is 20.2 Å². The van der Waals surface area contributed by atoms with Crippen LogP contribution in [0.5, 0.6) is 5.75 Å². The van der Waals surface area contributed by atoms with Crippen molar-refractivity contribution in [1.82, 2.24) is 9.88 Å². The van der Waals surface area contributed by atoms with Gasteiger partial charge in [-0.1, -0.05) is 13.8 Å². The molecule has 2 N–H and O–H groups in total. The predicted molar refractivity (Wildman–Crippen MR) is 79.4 cm³/mol. The van der Waals surface area contributed by atoms with E-state index in [4.69, 9.17) is 10.5 Å². The van der Waals surface area contributed by atoms with E-state index in [-0.39, 0.29) is 5.54 Å². The summed E-state index contributed by atoms with van der Waals surface area (Å²) in [5.41, 5.74) is 7.98. The fraction of sp³-hybridized carbons (Fsp3) is 0.667. The summed E-state index contributed by atoms with van der Waals surface area (Å²) in [6, 6.07) is 3.95. The zero-order valence-electron chi connectivity index (χ0n) is 12.9. The highest BCUT2D eigenvalue weighted by Crippen LogP contribution is 2.22. The summed E-state index contributed by atoms with van der Waals surface area (Å²) in [4.78, 5) is 6.97. The van der Waals surface area contributed by atoms with E-state index in [1.165, 1.54) is 0 Å². The zero-order valence-corrected chi connectivity index (χ0v) is 12.9. The molecule has 1 heterocycles. The SMILES string of the molecule is CCN(Cc1cc(OC)cc(C)n1)C(C)(CC)CN. The highest BCUT2D eigenvalue weighted by atomic mass is 16.5. The van der Waals surface area contributed by atoms with E-state index in [0.29, 0.717) is 6.54 Å². The molecule has 0 radical (unpaired) electrons. The van der Waals surface area contributed by atoms with Gasteiger partial charge in [0.15, 0.2) is 0 Å². The second-order valence-corrected chi connectivity index (χ2v) is 5.21. The van der Waals surface area contributed by atoms with Crippen molar-refractivity contribution in [3.05, 3.63) is 23.5 Å². The van der Waals surface area contributed by atoms with Gasteiger partial charge in [0.25, 0.3) is 0 Å². The molecule has 1 aromatic heterocycles. The van der Waals surface area contributed by atoms with Gasteiger partial charge in [-0.3, -0.25) is 9.88 Å². The Morgan fingerprint density at radius 3 is 2.53 bits per heavy atom. The van der Waals surface area contributed by atoms with Crippen molar-refractivity contribution < 1.29 is 4.74 Å². The van der Waals surface area contributed by atoms with Crippen molar-refractivity contribution in [3.8, 4) is 5.75 Å². The van der Waals surface area contributed by atoms with Gasteiger partial charge in [-0.25, -0.2) is 0 Å². The van der Waals surface area contributed by atoms with Gasteiger partial charge in [0.05, 0.1) is 12.8 Å². The highest BCUT2D eigenvalue weighted by Gasteiger charge is 2.27. The Morgan fingerprint density at radius 2 is 2.05 bits per heavy atom. The molecule has 0 aromatic carbocycles. The monoisotopic (exact) mass is 265 g/mol. The van der Waals surface area contributed by atoms with Crippen molar-refractivity contribution in [3.63, 3.8) is 0 Å². The van der Waals surface area contributed by atoms with Crippen LogP contribution in [0.2, 0.25) is 0 Å². The molecule has 0 aliphatic heterocycles. The van der Waals surface area contributed by atoms with E-state index in [1.54, 1.807) is 7.11 Å². The number of aromatic nitrogens is 1. The quantitative estimate of drug-likeness (QED) is 0.822. The van der Waals surface area contributed by atoms with E-state index < -0.39 is 0 Å². The molecule has 1 atom stereocenters. The first-order chi connectivity index (χ1) is 8.98. The van der Waals surface area contributed by atoms with Crippen molar-refractivity contribution in [2.24, 2.45) is 5.73 Å². The molecule has 0 bridgehead atoms. The molecule has 19 heavy (non-hydrogen) atoms. The lowest BCUT2D eigenvalue weighted by Crippen LogP contribution is -2.50. The number of hydrogen-bond acceptors (Lipinski definition) is 4. The molecular formula is C15H27N3O. The lowest BCUT2D eigenvalue weighted by atomic mass is 9.96. The van der Waals surface area contributed by atoms with Gasteiger partial charge in [-0.2, -0.15) is 0 Å². The van der Waals surface area contributed by atoms with Gasteiger partial charge in [-0.05, 0) is 26.8 Å². The summed E-state index contributed by atoms with van der Waals surface area (Å²) >= 11 is 0. The van der Waals surface area contributed by atoms with E-state index >= 15 is 0 Å². The summed E-state index contributed by atoms with van der Waals surface area (Å²) in [5, 5.41) is 0. The fourth-order valence-electron chi connectivity index (χ4n) is 2.28. The molecule has 0 aliphatic rings. The number of rotatable bonds is 7. The van der Waals surface area contributed by atoms with Gasteiger partial charge in [0.1, 0.15) is 5.75 Å². The van der Waals surface area contributed by atoms with Gasteiger partial charge in [-0.15, -0.1) is 0 Å². The average Bonchev–Trinajstić information content (AvgIpc) is 2.43. The lowest BCUT2D eigenvalue weighted by Gasteiger charge is -2.39. The number of nitrogens with zero attached hydrogens (tertiary/aromatic N) is 2. The number of likely N-dealkylation sites (N-methyl/N-ethyl adjacent to an activating group) is 1. The largest absolute Gasteiger partial charge is 0.497 e. The minimum absolute atomic E-state index is 0.0212. The van der Waals surface area contributed by atoms with Crippen LogP contribution in [0.1, 0.15) is 38.6 Å². The molecule has 108 valence electrons. The lowest BCUT2D eigenvalue weighted by molar-refractivity contribution is 0.103. The van der Waals surface area contributed by atoms with Crippen LogP contribution >= 0.6 is 0 Å². The number of hydrogen-bond donors (Lipinski definition) is 1. The third kappa shape index (κ3) is 3.91. The topological polar surface area (TPSA) is 51.4 Å². The highest BCUT2D eigenvalue weighted by molar-refractivity contribution is 5.26. The number of methoxy groups -OCH3 is 1. The van der Waals surface area contributed by atoms with Crippen molar-refractivity contribution in [1.29, 1.82) is 0 Å². The minimum Gasteiger partial charge on any atom is -0.497 e. The van der Waals surface area contributed by atoms with Crippen LogP contribution in [0.15, 0.2) is 12.1 Å². The van der Waals surface area contributed by atoms with Crippen molar-refractivity contribution in [2.45, 2.75) is 46.2 Å². The summed E-state index contributed by atoms with van der Waals surface area (Å²) < 4.78 is 5.31. The Hall–Kier alpha value is -1.13. The Morgan fingerprint density at radius 1 is 1.37 bits per heavy atom. The minimum atomic E-state index is 0.0212. The molecule has 4 nitrogen and oxygen atoms in total. The number of nitrogens with two attached hydrogens (primary N) is 1.